The van der Waals surface area contributed by atoms with Crippen LogP contribution in [0.4, 0.5) is 0 Å². The van der Waals surface area contributed by atoms with Gasteiger partial charge < -0.3 is 5.32 Å². The first-order valence-electron chi connectivity index (χ1n) is 4.30. The van der Waals surface area contributed by atoms with Gasteiger partial charge in [-0.2, -0.15) is 0 Å². The van der Waals surface area contributed by atoms with E-state index in [0.29, 0.717) is 12.2 Å². The van der Waals surface area contributed by atoms with E-state index in [4.69, 9.17) is 0 Å². The van der Waals surface area contributed by atoms with Crippen molar-refractivity contribution in [3.63, 3.8) is 0 Å². The quantitative estimate of drug-likeness (QED) is 0.699. The van der Waals surface area contributed by atoms with E-state index in [9.17, 15) is 4.79 Å². The summed E-state index contributed by atoms with van der Waals surface area (Å²) in [4.78, 5) is 11.6. The lowest BCUT2D eigenvalue weighted by Gasteiger charge is -2.01. The van der Waals surface area contributed by atoms with Gasteiger partial charge >= 0.3 is 0 Å². The molecule has 0 amide bonds. The summed E-state index contributed by atoms with van der Waals surface area (Å²) >= 11 is 0. The average molecular weight is 190 g/mol. The molecule has 0 aliphatic heterocycles. The van der Waals surface area contributed by atoms with Crippen LogP contribution in [-0.4, -0.2) is 34.2 Å². The van der Waals surface area contributed by atoms with E-state index in [1.54, 1.807) is 23.8 Å². The first-order valence-corrected chi connectivity index (χ1v) is 4.30. The fraction of sp³-hybridized carbons (Fsp3) is 0.222. The number of carbonyl (C=O) groups excluding carboxylic acids is 1. The molecule has 2 aromatic heterocycles. The van der Waals surface area contributed by atoms with Crippen LogP contribution in [0, 0.1) is 0 Å². The Bertz CT molecular complexity index is 463. The van der Waals surface area contributed by atoms with Gasteiger partial charge in [-0.05, 0) is 19.2 Å². The van der Waals surface area contributed by atoms with E-state index >= 15 is 0 Å². The molecule has 0 atom stereocenters. The highest BCUT2D eigenvalue weighted by Gasteiger charge is 2.09. The molecule has 5 nitrogen and oxygen atoms in total. The predicted molar refractivity (Wildman–Crippen MR) is 51.2 cm³/mol. The van der Waals surface area contributed by atoms with Gasteiger partial charge in [0.05, 0.1) is 18.3 Å². The standard InChI is InChI=1S/C9H10N4O/c1-10-6-9(14)8-4-2-3-7-5-11-12-13(7)8/h2-5,10H,6H2,1H3. The molecule has 0 unspecified atom stereocenters. The summed E-state index contributed by atoms with van der Waals surface area (Å²) < 4.78 is 1.54. The molecule has 0 radical (unpaired) electrons. The van der Waals surface area contributed by atoms with Crippen molar-refractivity contribution in [3.05, 3.63) is 30.1 Å². The number of nitrogens with zero attached hydrogens (tertiary/aromatic N) is 3. The third-order valence-electron chi connectivity index (χ3n) is 1.95. The molecule has 0 spiro atoms. The van der Waals surface area contributed by atoms with Crippen molar-refractivity contribution in [3.8, 4) is 0 Å². The molecule has 0 saturated heterocycles. The summed E-state index contributed by atoms with van der Waals surface area (Å²) in [5.74, 6) is 0.00333. The lowest BCUT2D eigenvalue weighted by atomic mass is 10.2. The van der Waals surface area contributed by atoms with Gasteiger partial charge in [0.2, 0.25) is 0 Å². The maximum absolute atomic E-state index is 11.6. The van der Waals surface area contributed by atoms with E-state index in [2.05, 4.69) is 15.6 Å². The van der Waals surface area contributed by atoms with Gasteiger partial charge in [-0.1, -0.05) is 11.3 Å². The van der Waals surface area contributed by atoms with Crippen molar-refractivity contribution in [2.45, 2.75) is 0 Å². The van der Waals surface area contributed by atoms with Crippen LogP contribution in [0.1, 0.15) is 10.5 Å². The summed E-state index contributed by atoms with van der Waals surface area (Å²) in [6, 6.07) is 5.42. The smallest absolute Gasteiger partial charge is 0.195 e. The zero-order chi connectivity index (χ0) is 9.97. The van der Waals surface area contributed by atoms with Crippen molar-refractivity contribution in [1.29, 1.82) is 0 Å². The minimum absolute atomic E-state index is 0.00333. The monoisotopic (exact) mass is 190 g/mol. The van der Waals surface area contributed by atoms with Crippen molar-refractivity contribution in [2.75, 3.05) is 13.6 Å². The molecule has 14 heavy (non-hydrogen) atoms. The van der Waals surface area contributed by atoms with Gasteiger partial charge in [-0.15, -0.1) is 5.10 Å². The van der Waals surface area contributed by atoms with Crippen molar-refractivity contribution in [2.24, 2.45) is 0 Å². The molecule has 0 aromatic carbocycles. The largest absolute Gasteiger partial charge is 0.313 e. The molecule has 2 heterocycles. The summed E-state index contributed by atoms with van der Waals surface area (Å²) in [5, 5.41) is 10.4. The van der Waals surface area contributed by atoms with Crippen LogP contribution >= 0.6 is 0 Å². The SMILES string of the molecule is CNCC(=O)c1cccc2cnnn12. The zero-order valence-electron chi connectivity index (χ0n) is 7.77. The highest BCUT2D eigenvalue weighted by Crippen LogP contribution is 2.04. The van der Waals surface area contributed by atoms with Gasteiger partial charge in [0, 0.05) is 0 Å². The van der Waals surface area contributed by atoms with Crippen LogP contribution < -0.4 is 5.32 Å². The Kier molecular flexibility index (Phi) is 2.24. The van der Waals surface area contributed by atoms with Crippen molar-refractivity contribution >= 4 is 11.3 Å². The number of rotatable bonds is 3. The fourth-order valence-electron chi connectivity index (χ4n) is 1.31. The van der Waals surface area contributed by atoms with E-state index < -0.39 is 0 Å². The maximum atomic E-state index is 11.6. The molecule has 2 rings (SSSR count). The number of ketones is 1. The van der Waals surface area contributed by atoms with Crippen LogP contribution in [-0.2, 0) is 0 Å². The Morgan fingerprint density at radius 2 is 2.43 bits per heavy atom. The second-order valence-electron chi connectivity index (χ2n) is 2.94. The molecule has 0 aliphatic rings. The Balaban J connectivity index is 2.50. The molecule has 0 aliphatic carbocycles. The van der Waals surface area contributed by atoms with Crippen LogP contribution in [0.15, 0.2) is 24.4 Å². The number of aromatic nitrogens is 3. The van der Waals surface area contributed by atoms with Gasteiger partial charge in [-0.3, -0.25) is 4.79 Å². The molecule has 0 saturated carbocycles. The number of nitrogens with one attached hydrogen (secondary N) is 1. The van der Waals surface area contributed by atoms with E-state index in [0.717, 1.165) is 5.52 Å². The molecule has 2 aromatic rings. The van der Waals surface area contributed by atoms with Crippen molar-refractivity contribution < 1.29 is 4.79 Å². The third-order valence-corrected chi connectivity index (χ3v) is 1.95. The summed E-state index contributed by atoms with van der Waals surface area (Å²) in [6.45, 7) is 0.305. The molecular formula is C9H10N4O. The average Bonchev–Trinajstić information content (AvgIpc) is 2.65. The summed E-state index contributed by atoms with van der Waals surface area (Å²) in [7, 11) is 1.74. The number of hydrogen-bond acceptors (Lipinski definition) is 4. The number of carbonyl (C=O) groups is 1. The van der Waals surface area contributed by atoms with Gasteiger partial charge in [-0.25, -0.2) is 4.52 Å². The number of pyridine rings is 1. The van der Waals surface area contributed by atoms with Gasteiger partial charge in [0.15, 0.2) is 5.78 Å². The van der Waals surface area contributed by atoms with E-state index in [1.165, 1.54) is 0 Å². The Morgan fingerprint density at radius 3 is 3.21 bits per heavy atom. The van der Waals surface area contributed by atoms with Gasteiger partial charge in [0.25, 0.3) is 0 Å². The second kappa shape index (κ2) is 3.55. The fourth-order valence-corrected chi connectivity index (χ4v) is 1.31. The lowest BCUT2D eigenvalue weighted by Crippen LogP contribution is -2.21. The molecule has 5 heteroatoms. The second-order valence-corrected chi connectivity index (χ2v) is 2.94. The highest BCUT2D eigenvalue weighted by atomic mass is 16.1. The Morgan fingerprint density at radius 1 is 1.57 bits per heavy atom. The van der Waals surface area contributed by atoms with Crippen LogP contribution in [0.3, 0.4) is 0 Å². The maximum Gasteiger partial charge on any atom is 0.195 e. The first-order chi connectivity index (χ1) is 6.83. The number of Topliss-reactive ketones (excluding diaryl/α,β-unsaturated/α-hetero) is 1. The minimum atomic E-state index is 0.00333. The number of likely N-dealkylation sites (N-methyl/N-ethyl adjacent to an activating group) is 1. The van der Waals surface area contributed by atoms with Crippen LogP contribution in [0.2, 0.25) is 0 Å². The summed E-state index contributed by atoms with van der Waals surface area (Å²) in [5.41, 5.74) is 1.38. The normalized spacial score (nSPS) is 10.6. The Hall–Kier alpha value is -1.75. The summed E-state index contributed by atoms with van der Waals surface area (Å²) in [6.07, 6.45) is 1.62. The predicted octanol–water partition coefficient (Wildman–Crippen LogP) is 0.131. The molecule has 0 bridgehead atoms. The van der Waals surface area contributed by atoms with Crippen LogP contribution in [0.5, 0.6) is 0 Å². The molecule has 0 fully saturated rings. The first kappa shape index (κ1) is 8.83. The molecular weight excluding hydrogens is 180 g/mol. The van der Waals surface area contributed by atoms with E-state index in [1.807, 2.05) is 12.1 Å². The highest BCUT2D eigenvalue weighted by molar-refractivity contribution is 5.96. The lowest BCUT2D eigenvalue weighted by molar-refractivity contribution is 0.0986. The van der Waals surface area contributed by atoms with E-state index in [-0.39, 0.29) is 5.78 Å². The molecule has 1 N–H and O–H groups in total. The number of fused-ring (bicyclic) bond motifs is 1. The van der Waals surface area contributed by atoms with Crippen molar-refractivity contribution in [1.82, 2.24) is 20.1 Å². The minimum Gasteiger partial charge on any atom is -0.313 e. The van der Waals surface area contributed by atoms with Gasteiger partial charge in [0.1, 0.15) is 5.69 Å². The Labute approximate surface area is 80.7 Å². The number of hydrogen-bond donors (Lipinski definition) is 1. The third kappa shape index (κ3) is 1.38. The topological polar surface area (TPSA) is 59.3 Å². The molecule has 72 valence electrons. The zero-order valence-corrected chi connectivity index (χ0v) is 7.77. The van der Waals surface area contributed by atoms with Crippen LogP contribution in [0.25, 0.3) is 5.52 Å².